The largest absolute Gasteiger partial charge is 0.325 e. The lowest BCUT2D eigenvalue weighted by atomic mass is 10.2. The maximum atomic E-state index is 12.3. The molecule has 1 nitrogen and oxygen atoms in total. The number of allylic oxidation sites excluding steroid dienone is 1. The lowest BCUT2D eigenvalue weighted by Gasteiger charge is -2.04. The van der Waals surface area contributed by atoms with E-state index in [4.69, 9.17) is 5.73 Å². The van der Waals surface area contributed by atoms with Crippen LogP contribution in [0.5, 0.6) is 0 Å². The van der Waals surface area contributed by atoms with Gasteiger partial charge in [-0.3, -0.25) is 0 Å². The normalized spacial score (nSPS) is 18.2. The van der Waals surface area contributed by atoms with Crippen molar-refractivity contribution in [3.63, 3.8) is 0 Å². The predicted octanol–water partition coefficient (Wildman–Crippen LogP) is 1.20. The van der Waals surface area contributed by atoms with Crippen LogP contribution in [0.2, 0.25) is 0 Å². The number of halogens is 2. The van der Waals surface area contributed by atoms with Crippen LogP contribution in [0.15, 0.2) is 12.2 Å². The summed E-state index contributed by atoms with van der Waals surface area (Å²) >= 11 is 0. The average Bonchev–Trinajstić information content (AvgIpc) is 1.82. The molecular formula is C6H11F2N. The highest BCUT2D eigenvalue weighted by atomic mass is 19.1. The first kappa shape index (κ1) is 8.56. The van der Waals surface area contributed by atoms with E-state index in [1.54, 1.807) is 0 Å². The van der Waals surface area contributed by atoms with Gasteiger partial charge < -0.3 is 5.73 Å². The monoisotopic (exact) mass is 135 g/mol. The number of alkyl halides is 2. The maximum absolute atomic E-state index is 12.3. The lowest BCUT2D eigenvalue weighted by molar-refractivity contribution is 0.352. The van der Waals surface area contributed by atoms with Crippen LogP contribution in [0.25, 0.3) is 0 Å². The van der Waals surface area contributed by atoms with Gasteiger partial charge in [-0.1, -0.05) is 12.2 Å². The van der Waals surface area contributed by atoms with Gasteiger partial charge in [0.15, 0.2) is 0 Å². The SMILES string of the molecule is CC(N)[C@H](F)/C=C\CF. The summed E-state index contributed by atoms with van der Waals surface area (Å²) in [5.74, 6) is 0. The molecule has 0 fully saturated rings. The van der Waals surface area contributed by atoms with Crippen LogP contribution in [-0.2, 0) is 0 Å². The van der Waals surface area contributed by atoms with Crippen molar-refractivity contribution in [2.75, 3.05) is 6.67 Å². The zero-order chi connectivity index (χ0) is 7.28. The molecule has 9 heavy (non-hydrogen) atoms. The van der Waals surface area contributed by atoms with Gasteiger partial charge in [0.05, 0.1) is 0 Å². The molecule has 0 rings (SSSR count). The van der Waals surface area contributed by atoms with Gasteiger partial charge in [0.1, 0.15) is 12.8 Å². The second kappa shape index (κ2) is 4.44. The molecule has 0 bridgehead atoms. The molecule has 0 spiro atoms. The van der Waals surface area contributed by atoms with Gasteiger partial charge in [0.25, 0.3) is 0 Å². The van der Waals surface area contributed by atoms with E-state index in [1.807, 2.05) is 0 Å². The first-order chi connectivity index (χ1) is 4.18. The highest BCUT2D eigenvalue weighted by Gasteiger charge is 2.05. The van der Waals surface area contributed by atoms with E-state index in [-0.39, 0.29) is 0 Å². The first-order valence-electron chi connectivity index (χ1n) is 2.80. The summed E-state index contributed by atoms with van der Waals surface area (Å²) in [7, 11) is 0. The van der Waals surface area contributed by atoms with Crippen LogP contribution in [0.1, 0.15) is 6.92 Å². The van der Waals surface area contributed by atoms with E-state index in [2.05, 4.69) is 0 Å². The highest BCUT2D eigenvalue weighted by molar-refractivity contribution is 4.92. The van der Waals surface area contributed by atoms with Crippen molar-refractivity contribution in [3.05, 3.63) is 12.2 Å². The molecule has 0 aromatic heterocycles. The molecule has 0 heterocycles. The molecule has 54 valence electrons. The smallest absolute Gasteiger partial charge is 0.133 e. The van der Waals surface area contributed by atoms with E-state index in [0.717, 1.165) is 12.2 Å². The molecule has 2 atom stereocenters. The molecule has 0 aromatic rings. The molecule has 0 aromatic carbocycles. The molecule has 0 saturated carbocycles. The van der Waals surface area contributed by atoms with Crippen molar-refractivity contribution in [3.8, 4) is 0 Å². The fourth-order valence-electron chi connectivity index (χ4n) is 0.357. The molecule has 0 amide bonds. The standard InChI is InChI=1S/C6H11F2N/c1-5(9)6(8)3-2-4-7/h2-3,5-6H,4,9H2,1H3/b3-2-/t5?,6-/m1/s1. The van der Waals surface area contributed by atoms with E-state index < -0.39 is 18.9 Å². The Hall–Kier alpha value is -0.440. The Labute approximate surface area is 53.5 Å². The van der Waals surface area contributed by atoms with Crippen molar-refractivity contribution >= 4 is 0 Å². The van der Waals surface area contributed by atoms with E-state index >= 15 is 0 Å². The second-order valence-corrected chi connectivity index (χ2v) is 1.89. The van der Waals surface area contributed by atoms with Gasteiger partial charge in [-0.15, -0.1) is 0 Å². The first-order valence-corrected chi connectivity index (χ1v) is 2.80. The number of rotatable bonds is 3. The number of nitrogens with two attached hydrogens (primary N) is 1. The second-order valence-electron chi connectivity index (χ2n) is 1.89. The minimum absolute atomic E-state index is 0.548. The Kier molecular flexibility index (Phi) is 4.22. The summed E-state index contributed by atoms with van der Waals surface area (Å²) in [5.41, 5.74) is 5.13. The quantitative estimate of drug-likeness (QED) is 0.578. The Balaban J connectivity index is 3.48. The Bertz CT molecular complexity index is 91.1. The third kappa shape index (κ3) is 4.09. The minimum atomic E-state index is -1.22. The van der Waals surface area contributed by atoms with Crippen LogP contribution in [0, 0.1) is 0 Å². The van der Waals surface area contributed by atoms with Crippen LogP contribution in [0.3, 0.4) is 0 Å². The molecule has 0 saturated heterocycles. The zero-order valence-corrected chi connectivity index (χ0v) is 5.35. The molecule has 0 radical (unpaired) electrons. The molecule has 1 unspecified atom stereocenters. The third-order valence-corrected chi connectivity index (χ3v) is 0.911. The van der Waals surface area contributed by atoms with E-state index in [0.29, 0.717) is 0 Å². The Morgan fingerprint density at radius 1 is 1.67 bits per heavy atom. The zero-order valence-electron chi connectivity index (χ0n) is 5.35. The average molecular weight is 135 g/mol. The molecule has 0 aliphatic rings. The molecule has 0 aliphatic carbocycles. The van der Waals surface area contributed by atoms with Gasteiger partial charge in [-0.05, 0) is 6.92 Å². The van der Waals surface area contributed by atoms with Crippen molar-refractivity contribution in [1.29, 1.82) is 0 Å². The van der Waals surface area contributed by atoms with Crippen LogP contribution >= 0.6 is 0 Å². The highest BCUT2D eigenvalue weighted by Crippen LogP contribution is 1.96. The number of hydrogen-bond acceptors (Lipinski definition) is 1. The Morgan fingerprint density at radius 2 is 2.22 bits per heavy atom. The maximum Gasteiger partial charge on any atom is 0.133 e. The summed E-state index contributed by atoms with van der Waals surface area (Å²) in [6.07, 6.45) is 1.03. The summed E-state index contributed by atoms with van der Waals surface area (Å²) in [6, 6.07) is -0.548. The topological polar surface area (TPSA) is 26.0 Å². The summed E-state index contributed by atoms with van der Waals surface area (Å²) in [5, 5.41) is 0. The fourth-order valence-corrected chi connectivity index (χ4v) is 0.357. The van der Waals surface area contributed by atoms with Crippen molar-refractivity contribution < 1.29 is 8.78 Å². The van der Waals surface area contributed by atoms with Crippen molar-refractivity contribution in [2.24, 2.45) is 5.73 Å². The predicted molar refractivity (Wildman–Crippen MR) is 33.7 cm³/mol. The van der Waals surface area contributed by atoms with E-state index in [9.17, 15) is 8.78 Å². The van der Waals surface area contributed by atoms with E-state index in [1.165, 1.54) is 6.92 Å². The van der Waals surface area contributed by atoms with Gasteiger partial charge in [0, 0.05) is 6.04 Å². The minimum Gasteiger partial charge on any atom is -0.325 e. The van der Waals surface area contributed by atoms with Crippen molar-refractivity contribution in [2.45, 2.75) is 19.1 Å². The van der Waals surface area contributed by atoms with Crippen LogP contribution in [0.4, 0.5) is 8.78 Å². The summed E-state index contributed by atoms with van der Waals surface area (Å²) < 4.78 is 23.7. The van der Waals surface area contributed by atoms with Crippen molar-refractivity contribution in [1.82, 2.24) is 0 Å². The van der Waals surface area contributed by atoms with Crippen LogP contribution < -0.4 is 5.73 Å². The van der Waals surface area contributed by atoms with Crippen LogP contribution in [-0.4, -0.2) is 18.9 Å². The van der Waals surface area contributed by atoms with Gasteiger partial charge >= 0.3 is 0 Å². The third-order valence-electron chi connectivity index (χ3n) is 0.911. The summed E-state index contributed by atoms with van der Waals surface area (Å²) in [4.78, 5) is 0. The summed E-state index contributed by atoms with van der Waals surface area (Å²) in [6.45, 7) is 0.903. The molecule has 3 heteroatoms. The molecule has 2 N–H and O–H groups in total. The lowest BCUT2D eigenvalue weighted by Crippen LogP contribution is -2.26. The number of hydrogen-bond donors (Lipinski definition) is 1. The fraction of sp³-hybridized carbons (Fsp3) is 0.667. The molecular weight excluding hydrogens is 124 g/mol. The Morgan fingerprint density at radius 3 is 2.56 bits per heavy atom. The van der Waals surface area contributed by atoms with Gasteiger partial charge in [0.2, 0.25) is 0 Å². The molecule has 0 aliphatic heterocycles. The van der Waals surface area contributed by atoms with Gasteiger partial charge in [-0.2, -0.15) is 0 Å². The van der Waals surface area contributed by atoms with Gasteiger partial charge in [-0.25, -0.2) is 8.78 Å².